The molecule has 0 aliphatic carbocycles. The molecule has 0 fully saturated rings. The minimum absolute atomic E-state index is 0.0992. The van der Waals surface area contributed by atoms with E-state index in [0.29, 0.717) is 6.61 Å². The van der Waals surface area contributed by atoms with Crippen LogP contribution in [0.15, 0.2) is 22.7 Å². The molecule has 1 aromatic heterocycles. The van der Waals surface area contributed by atoms with Gasteiger partial charge in [-0.05, 0) is 26.0 Å². The minimum Gasteiger partial charge on any atom is -0.379 e. The van der Waals surface area contributed by atoms with E-state index >= 15 is 0 Å². The van der Waals surface area contributed by atoms with Crippen molar-refractivity contribution in [3.8, 4) is 0 Å². The second-order valence-electron chi connectivity index (χ2n) is 4.94. The first kappa shape index (κ1) is 15.5. The van der Waals surface area contributed by atoms with Gasteiger partial charge in [0.25, 0.3) is 0 Å². The molecule has 0 saturated heterocycles. The Morgan fingerprint density at radius 1 is 1.33 bits per heavy atom. The molecule has 5 nitrogen and oxygen atoms in total. The summed E-state index contributed by atoms with van der Waals surface area (Å²) < 4.78 is 37.4. The second kappa shape index (κ2) is 6.28. The van der Waals surface area contributed by atoms with Gasteiger partial charge in [0, 0.05) is 12.2 Å². The van der Waals surface area contributed by atoms with E-state index in [-0.39, 0.29) is 30.3 Å². The lowest BCUT2D eigenvalue weighted by atomic mass is 10.1. The van der Waals surface area contributed by atoms with Crippen molar-refractivity contribution >= 4 is 0 Å². The normalized spacial score (nSPS) is 14.1. The number of nitrogens with two attached hydrogens (primary N) is 1. The molecule has 0 bridgehead atoms. The van der Waals surface area contributed by atoms with Crippen LogP contribution in [0.4, 0.5) is 8.78 Å². The first-order valence-corrected chi connectivity index (χ1v) is 6.56. The molecular weight excluding hydrogens is 280 g/mol. The molecule has 1 atom stereocenters. The quantitative estimate of drug-likeness (QED) is 0.884. The van der Waals surface area contributed by atoms with Gasteiger partial charge in [0.2, 0.25) is 5.89 Å². The van der Waals surface area contributed by atoms with Crippen molar-refractivity contribution in [3.05, 3.63) is 47.1 Å². The van der Waals surface area contributed by atoms with E-state index in [2.05, 4.69) is 10.1 Å². The number of nitrogens with zero attached hydrogens (tertiary/aromatic N) is 2. The smallest absolute Gasteiger partial charge is 0.231 e. The average molecular weight is 297 g/mol. The van der Waals surface area contributed by atoms with E-state index in [1.165, 1.54) is 18.2 Å². The Kier molecular flexibility index (Phi) is 4.64. The molecule has 0 aliphatic rings. The Morgan fingerprint density at radius 2 is 2.00 bits per heavy atom. The van der Waals surface area contributed by atoms with E-state index in [1.54, 1.807) is 6.92 Å². The summed E-state index contributed by atoms with van der Waals surface area (Å²) in [4.78, 5) is 4.10. The number of hydrogen-bond donors (Lipinski definition) is 1. The Balaban J connectivity index is 2.17. The second-order valence-corrected chi connectivity index (χ2v) is 4.94. The summed E-state index contributed by atoms with van der Waals surface area (Å²) >= 11 is 0. The van der Waals surface area contributed by atoms with E-state index in [4.69, 9.17) is 15.0 Å². The SMILES string of the molecule is CCOCC(C)(N)c1noc(Cc2c(F)cccc2F)n1. The van der Waals surface area contributed by atoms with Crippen molar-refractivity contribution in [2.24, 2.45) is 5.73 Å². The standard InChI is InChI=1S/C14H17F2N3O2/c1-3-20-8-14(2,17)13-18-12(21-19-13)7-9-10(15)5-4-6-11(9)16/h4-6H,3,7-8,17H2,1-2H3. The van der Waals surface area contributed by atoms with Crippen molar-refractivity contribution in [1.82, 2.24) is 10.1 Å². The van der Waals surface area contributed by atoms with Gasteiger partial charge in [0.05, 0.1) is 13.0 Å². The zero-order chi connectivity index (χ0) is 15.5. The summed E-state index contributed by atoms with van der Waals surface area (Å²) in [5.41, 5.74) is 4.99. The molecule has 2 rings (SSSR count). The highest BCUT2D eigenvalue weighted by molar-refractivity contribution is 5.22. The van der Waals surface area contributed by atoms with Gasteiger partial charge in [-0.2, -0.15) is 4.98 Å². The highest BCUT2D eigenvalue weighted by Crippen LogP contribution is 2.19. The molecular formula is C14H17F2N3O2. The summed E-state index contributed by atoms with van der Waals surface area (Å²) in [6.07, 6.45) is -0.129. The fourth-order valence-corrected chi connectivity index (χ4v) is 1.79. The van der Waals surface area contributed by atoms with Crippen LogP contribution in [-0.4, -0.2) is 23.4 Å². The summed E-state index contributed by atoms with van der Waals surface area (Å²) in [5, 5.41) is 3.76. The fraction of sp³-hybridized carbons (Fsp3) is 0.429. The molecule has 114 valence electrons. The van der Waals surface area contributed by atoms with Crippen molar-refractivity contribution in [2.75, 3.05) is 13.2 Å². The van der Waals surface area contributed by atoms with Gasteiger partial charge in [-0.3, -0.25) is 0 Å². The maximum absolute atomic E-state index is 13.6. The van der Waals surface area contributed by atoms with Crippen molar-refractivity contribution < 1.29 is 18.0 Å². The molecule has 0 radical (unpaired) electrons. The van der Waals surface area contributed by atoms with Gasteiger partial charge in [-0.1, -0.05) is 11.2 Å². The van der Waals surface area contributed by atoms with Crippen molar-refractivity contribution in [1.29, 1.82) is 0 Å². The predicted molar refractivity (Wildman–Crippen MR) is 71.5 cm³/mol. The van der Waals surface area contributed by atoms with Crippen LogP contribution in [0.5, 0.6) is 0 Å². The largest absolute Gasteiger partial charge is 0.379 e. The monoisotopic (exact) mass is 297 g/mol. The van der Waals surface area contributed by atoms with Gasteiger partial charge in [0.1, 0.15) is 17.2 Å². The molecule has 1 aromatic carbocycles. The number of rotatable bonds is 6. The highest BCUT2D eigenvalue weighted by Gasteiger charge is 2.28. The van der Waals surface area contributed by atoms with Crippen LogP contribution in [0, 0.1) is 11.6 Å². The minimum atomic E-state index is -0.925. The topological polar surface area (TPSA) is 74.2 Å². The Morgan fingerprint density at radius 3 is 2.62 bits per heavy atom. The van der Waals surface area contributed by atoms with Gasteiger partial charge in [-0.25, -0.2) is 8.78 Å². The third kappa shape index (κ3) is 3.62. The first-order chi connectivity index (χ1) is 9.94. The lowest BCUT2D eigenvalue weighted by molar-refractivity contribution is 0.0962. The van der Waals surface area contributed by atoms with Crippen LogP contribution in [0.3, 0.4) is 0 Å². The molecule has 0 amide bonds. The van der Waals surface area contributed by atoms with Gasteiger partial charge >= 0.3 is 0 Å². The zero-order valence-electron chi connectivity index (χ0n) is 11.9. The molecule has 7 heteroatoms. The summed E-state index contributed by atoms with van der Waals surface area (Å²) in [6, 6.07) is 3.65. The fourth-order valence-electron chi connectivity index (χ4n) is 1.79. The van der Waals surface area contributed by atoms with E-state index < -0.39 is 17.2 Å². The zero-order valence-corrected chi connectivity index (χ0v) is 11.9. The summed E-state index contributed by atoms with van der Waals surface area (Å²) in [6.45, 7) is 4.27. The first-order valence-electron chi connectivity index (χ1n) is 6.56. The van der Waals surface area contributed by atoms with E-state index in [9.17, 15) is 8.78 Å². The number of hydrogen-bond acceptors (Lipinski definition) is 5. The van der Waals surface area contributed by atoms with E-state index in [1.807, 2.05) is 6.92 Å². The highest BCUT2D eigenvalue weighted by atomic mass is 19.1. The molecule has 2 N–H and O–H groups in total. The van der Waals surface area contributed by atoms with Crippen LogP contribution >= 0.6 is 0 Å². The third-order valence-electron chi connectivity index (χ3n) is 2.97. The molecule has 1 unspecified atom stereocenters. The molecule has 0 aliphatic heterocycles. The summed E-state index contributed by atoms with van der Waals surface area (Å²) in [7, 11) is 0. The number of halogens is 2. The van der Waals surface area contributed by atoms with Crippen LogP contribution in [0.2, 0.25) is 0 Å². The van der Waals surface area contributed by atoms with Crippen LogP contribution in [0.1, 0.15) is 31.1 Å². The number of benzene rings is 1. The third-order valence-corrected chi connectivity index (χ3v) is 2.97. The molecule has 0 spiro atoms. The van der Waals surface area contributed by atoms with Gasteiger partial charge < -0.3 is 15.0 Å². The van der Waals surface area contributed by atoms with Crippen LogP contribution in [0.25, 0.3) is 0 Å². The van der Waals surface area contributed by atoms with Crippen LogP contribution < -0.4 is 5.73 Å². The molecule has 1 heterocycles. The predicted octanol–water partition coefficient (Wildman–Crippen LogP) is 2.15. The van der Waals surface area contributed by atoms with Gasteiger partial charge in [0.15, 0.2) is 5.82 Å². The molecule has 0 saturated carbocycles. The van der Waals surface area contributed by atoms with Crippen molar-refractivity contribution in [3.63, 3.8) is 0 Å². The van der Waals surface area contributed by atoms with Crippen LogP contribution in [-0.2, 0) is 16.7 Å². The lowest BCUT2D eigenvalue weighted by Gasteiger charge is -2.19. The number of ether oxygens (including phenoxy) is 1. The maximum atomic E-state index is 13.6. The Labute approximate surface area is 121 Å². The summed E-state index contributed by atoms with van der Waals surface area (Å²) in [5.74, 6) is -0.968. The Hall–Kier alpha value is -1.86. The molecule has 21 heavy (non-hydrogen) atoms. The average Bonchev–Trinajstić information content (AvgIpc) is 2.90. The van der Waals surface area contributed by atoms with Gasteiger partial charge in [-0.15, -0.1) is 0 Å². The Bertz CT molecular complexity index is 594. The lowest BCUT2D eigenvalue weighted by Crippen LogP contribution is -2.39. The number of aromatic nitrogens is 2. The maximum Gasteiger partial charge on any atom is 0.231 e. The van der Waals surface area contributed by atoms with Crippen molar-refractivity contribution in [2.45, 2.75) is 25.8 Å². The van der Waals surface area contributed by atoms with E-state index in [0.717, 1.165) is 0 Å². The molecule has 2 aromatic rings.